The molecule has 0 aliphatic heterocycles. The van der Waals surface area contributed by atoms with E-state index in [4.69, 9.17) is 10.4 Å². The molecule has 0 aromatic carbocycles. The maximum Gasteiger partial charge on any atom is 0.181 e. The van der Waals surface area contributed by atoms with Crippen LogP contribution < -0.4 is 4.57 Å². The Hall–Kier alpha value is -1.38. The van der Waals surface area contributed by atoms with Crippen molar-refractivity contribution in [2.75, 3.05) is 6.61 Å². The lowest BCUT2D eigenvalue weighted by atomic mass is 10.2. The van der Waals surface area contributed by atoms with Gasteiger partial charge in [0.15, 0.2) is 11.9 Å². The quantitative estimate of drug-likeness (QED) is 0.631. The fourth-order valence-corrected chi connectivity index (χ4v) is 3.14. The summed E-state index contributed by atoms with van der Waals surface area (Å²) in [4.78, 5) is 10.3. The molecular formula is C14H20N3O3S+. The zero-order chi connectivity index (χ0) is 15.4. The lowest BCUT2D eigenvalue weighted by molar-refractivity contribution is -0.678. The average Bonchev–Trinajstić information content (AvgIpc) is 2.80. The number of rotatable bonds is 6. The van der Waals surface area contributed by atoms with E-state index in [-0.39, 0.29) is 12.0 Å². The molecule has 0 saturated carbocycles. The fourth-order valence-electron chi connectivity index (χ4n) is 2.11. The second kappa shape index (κ2) is 7.06. The van der Waals surface area contributed by atoms with E-state index < -0.39 is 0 Å². The third kappa shape index (κ3) is 4.05. The molecule has 0 fully saturated rings. The summed E-state index contributed by atoms with van der Waals surface area (Å²) in [5, 5.41) is 17.8. The first-order valence-corrected chi connectivity index (χ1v) is 7.59. The van der Waals surface area contributed by atoms with Crippen molar-refractivity contribution in [1.29, 1.82) is 0 Å². The molecule has 0 aliphatic carbocycles. The minimum Gasteiger partial charge on any atom is -0.266 e. The van der Waals surface area contributed by atoms with Crippen molar-refractivity contribution in [2.24, 2.45) is 7.05 Å². The first-order chi connectivity index (χ1) is 10.0. The average molecular weight is 310 g/mol. The van der Waals surface area contributed by atoms with E-state index in [1.807, 2.05) is 20.2 Å². The van der Waals surface area contributed by atoms with Crippen LogP contribution in [-0.2, 0) is 24.7 Å². The molecule has 2 heterocycles. The number of hydrogen-bond donors (Lipinski definition) is 2. The van der Waals surface area contributed by atoms with Crippen molar-refractivity contribution in [2.45, 2.75) is 26.7 Å². The van der Waals surface area contributed by atoms with Crippen LogP contribution in [0.4, 0.5) is 0 Å². The molecule has 7 heteroatoms. The molecule has 0 atom stereocenters. The standard InChI is InChI=1S/C14H20N3O3S/c1-4-12-9-11(5-7-16(12)3)14-15-10(2)13(21-14)6-8-20-17(18)19/h5,7,9,18-19H,4,6,8H2,1-3H3/q+1. The Balaban J connectivity index is 2.18. The Morgan fingerprint density at radius 3 is 2.86 bits per heavy atom. The van der Waals surface area contributed by atoms with E-state index in [9.17, 15) is 0 Å². The predicted octanol–water partition coefficient (Wildman–Crippen LogP) is 2.06. The molecule has 2 N–H and O–H groups in total. The molecule has 0 bridgehead atoms. The van der Waals surface area contributed by atoms with Gasteiger partial charge in [0.05, 0.1) is 17.7 Å². The second-order valence-electron chi connectivity index (χ2n) is 4.73. The van der Waals surface area contributed by atoms with Gasteiger partial charge < -0.3 is 0 Å². The molecule has 0 radical (unpaired) electrons. The highest BCUT2D eigenvalue weighted by Crippen LogP contribution is 2.28. The van der Waals surface area contributed by atoms with E-state index in [0.717, 1.165) is 27.6 Å². The Morgan fingerprint density at radius 1 is 1.43 bits per heavy atom. The maximum absolute atomic E-state index is 8.52. The van der Waals surface area contributed by atoms with E-state index in [1.165, 1.54) is 5.69 Å². The Morgan fingerprint density at radius 2 is 2.19 bits per heavy atom. The topological polar surface area (TPSA) is 69.7 Å². The summed E-state index contributed by atoms with van der Waals surface area (Å²) < 4.78 is 2.11. The smallest absolute Gasteiger partial charge is 0.181 e. The van der Waals surface area contributed by atoms with Gasteiger partial charge in [-0.15, -0.1) is 11.3 Å². The molecular weight excluding hydrogens is 290 g/mol. The highest BCUT2D eigenvalue weighted by atomic mass is 32.1. The van der Waals surface area contributed by atoms with Gasteiger partial charge in [0, 0.05) is 35.4 Å². The van der Waals surface area contributed by atoms with E-state index in [2.05, 4.69) is 33.4 Å². The number of thiazole rings is 1. The number of pyridine rings is 1. The van der Waals surface area contributed by atoms with Crippen molar-refractivity contribution in [1.82, 2.24) is 10.4 Å². The molecule has 6 nitrogen and oxygen atoms in total. The molecule has 0 spiro atoms. The SMILES string of the molecule is CCc1cc(-c2nc(C)c(CCON(O)O)s2)cc[n+]1C. The summed E-state index contributed by atoms with van der Waals surface area (Å²) in [6.07, 6.45) is 3.60. The maximum atomic E-state index is 8.52. The van der Waals surface area contributed by atoms with Crippen LogP contribution in [0.3, 0.4) is 0 Å². The normalized spacial score (nSPS) is 11.3. The van der Waals surface area contributed by atoms with Gasteiger partial charge in [-0.25, -0.2) is 9.55 Å². The lowest BCUT2D eigenvalue weighted by Gasteiger charge is -2.04. The molecule has 21 heavy (non-hydrogen) atoms. The lowest BCUT2D eigenvalue weighted by Crippen LogP contribution is -2.32. The molecule has 0 saturated heterocycles. The van der Waals surface area contributed by atoms with E-state index in [1.54, 1.807) is 11.3 Å². The molecule has 2 aromatic rings. The first kappa shape index (κ1) is 16.0. The molecule has 0 amide bonds. The van der Waals surface area contributed by atoms with Gasteiger partial charge in [0.25, 0.3) is 0 Å². The summed E-state index contributed by atoms with van der Waals surface area (Å²) in [6, 6.07) is 4.21. The fraction of sp³-hybridized carbons (Fsp3) is 0.429. The van der Waals surface area contributed by atoms with Crippen molar-refractivity contribution < 1.29 is 19.8 Å². The van der Waals surface area contributed by atoms with Crippen LogP contribution in [0.25, 0.3) is 10.6 Å². The van der Waals surface area contributed by atoms with Crippen LogP contribution >= 0.6 is 11.3 Å². The van der Waals surface area contributed by atoms with Gasteiger partial charge in [0.2, 0.25) is 0 Å². The van der Waals surface area contributed by atoms with Crippen LogP contribution in [-0.4, -0.2) is 27.4 Å². The first-order valence-electron chi connectivity index (χ1n) is 6.77. The summed E-state index contributed by atoms with van der Waals surface area (Å²) in [6.45, 7) is 4.28. The Labute approximate surface area is 127 Å². The van der Waals surface area contributed by atoms with Crippen molar-refractivity contribution in [3.05, 3.63) is 34.6 Å². The van der Waals surface area contributed by atoms with Gasteiger partial charge in [-0.2, -0.15) is 0 Å². The number of nitrogens with zero attached hydrogens (tertiary/aromatic N) is 3. The monoisotopic (exact) mass is 310 g/mol. The van der Waals surface area contributed by atoms with Crippen LogP contribution in [0.2, 0.25) is 0 Å². The summed E-state index contributed by atoms with van der Waals surface area (Å²) >= 11 is 1.61. The molecule has 114 valence electrons. The van der Waals surface area contributed by atoms with Gasteiger partial charge >= 0.3 is 0 Å². The van der Waals surface area contributed by atoms with E-state index in [0.29, 0.717) is 6.42 Å². The Bertz CT molecular complexity index is 614. The Kier molecular flexibility index (Phi) is 5.38. The van der Waals surface area contributed by atoms with Crippen molar-refractivity contribution in [3.63, 3.8) is 0 Å². The predicted molar refractivity (Wildman–Crippen MR) is 77.9 cm³/mol. The van der Waals surface area contributed by atoms with Gasteiger partial charge in [-0.1, -0.05) is 6.92 Å². The van der Waals surface area contributed by atoms with Crippen LogP contribution in [0.15, 0.2) is 18.3 Å². The second-order valence-corrected chi connectivity index (χ2v) is 5.82. The molecule has 2 aromatic heterocycles. The van der Waals surface area contributed by atoms with Gasteiger partial charge in [-0.05, 0) is 6.92 Å². The zero-order valence-corrected chi connectivity index (χ0v) is 13.2. The molecule has 0 unspecified atom stereocenters. The zero-order valence-electron chi connectivity index (χ0n) is 12.4. The largest absolute Gasteiger partial charge is 0.266 e. The number of aryl methyl sites for hydroxylation is 3. The number of aromatic nitrogens is 2. The third-order valence-electron chi connectivity index (χ3n) is 3.29. The summed E-state index contributed by atoms with van der Waals surface area (Å²) in [5.41, 5.74) is 3.31. The van der Waals surface area contributed by atoms with Crippen molar-refractivity contribution >= 4 is 11.3 Å². The van der Waals surface area contributed by atoms with Gasteiger partial charge in [-0.3, -0.25) is 15.3 Å². The minimum atomic E-state index is -0.262. The highest BCUT2D eigenvalue weighted by molar-refractivity contribution is 7.15. The molecule has 2 rings (SSSR count). The third-order valence-corrected chi connectivity index (χ3v) is 4.56. The summed E-state index contributed by atoms with van der Waals surface area (Å²) in [5.74, 6) is 0. The van der Waals surface area contributed by atoms with Gasteiger partial charge in [0.1, 0.15) is 12.1 Å². The highest BCUT2D eigenvalue weighted by Gasteiger charge is 2.13. The molecule has 0 aliphatic rings. The number of hydrogen-bond acceptors (Lipinski definition) is 6. The van der Waals surface area contributed by atoms with Crippen molar-refractivity contribution in [3.8, 4) is 10.6 Å². The minimum absolute atomic E-state index is 0.194. The summed E-state index contributed by atoms with van der Waals surface area (Å²) in [7, 11) is 2.04. The van der Waals surface area contributed by atoms with E-state index >= 15 is 0 Å². The van der Waals surface area contributed by atoms with Crippen LogP contribution in [0, 0.1) is 6.92 Å². The van der Waals surface area contributed by atoms with Crippen LogP contribution in [0.1, 0.15) is 23.2 Å². The van der Waals surface area contributed by atoms with Crippen LogP contribution in [0.5, 0.6) is 0 Å².